The highest BCUT2D eigenvalue weighted by molar-refractivity contribution is 9.10. The maximum Gasteiger partial charge on any atom is 0.137 e. The molecule has 0 fully saturated rings. The summed E-state index contributed by atoms with van der Waals surface area (Å²) in [4.78, 5) is 0. The topological polar surface area (TPSA) is 34.4 Å². The summed E-state index contributed by atoms with van der Waals surface area (Å²) in [6.45, 7) is 9.77. The van der Waals surface area contributed by atoms with Crippen LogP contribution in [0.3, 0.4) is 0 Å². The first-order valence-electron chi connectivity index (χ1n) is 5.63. The molecule has 0 radical (unpaired) electrons. The third-order valence-corrected chi connectivity index (χ3v) is 3.18. The molecule has 1 heterocycles. The molecule has 16 heavy (non-hydrogen) atoms. The van der Waals surface area contributed by atoms with Gasteiger partial charge in [0.25, 0.3) is 0 Å². The van der Waals surface area contributed by atoms with Gasteiger partial charge in [0, 0.05) is 6.61 Å². The SMILES string of the molecule is CCNC(c1occc1Br)C(C)(C)OCC. The molecule has 0 aliphatic heterocycles. The van der Waals surface area contributed by atoms with Crippen molar-refractivity contribution in [2.24, 2.45) is 0 Å². The van der Waals surface area contributed by atoms with Crippen molar-refractivity contribution >= 4 is 15.9 Å². The summed E-state index contributed by atoms with van der Waals surface area (Å²) in [7, 11) is 0. The molecule has 1 aromatic heterocycles. The van der Waals surface area contributed by atoms with Crippen LogP contribution in [-0.4, -0.2) is 18.8 Å². The molecule has 0 aromatic carbocycles. The average molecular weight is 290 g/mol. The summed E-state index contributed by atoms with van der Waals surface area (Å²) < 4.78 is 12.3. The van der Waals surface area contributed by atoms with E-state index in [0.717, 1.165) is 16.8 Å². The Labute approximate surface area is 106 Å². The van der Waals surface area contributed by atoms with E-state index >= 15 is 0 Å². The molecule has 1 unspecified atom stereocenters. The van der Waals surface area contributed by atoms with E-state index in [-0.39, 0.29) is 11.6 Å². The van der Waals surface area contributed by atoms with Gasteiger partial charge in [0.1, 0.15) is 5.76 Å². The predicted molar refractivity (Wildman–Crippen MR) is 68.5 cm³/mol. The Bertz CT molecular complexity index is 323. The van der Waals surface area contributed by atoms with Crippen LogP contribution in [0.2, 0.25) is 0 Å². The molecule has 92 valence electrons. The summed E-state index contributed by atoms with van der Waals surface area (Å²) in [6.07, 6.45) is 1.69. The van der Waals surface area contributed by atoms with Crippen LogP contribution in [0.1, 0.15) is 39.5 Å². The van der Waals surface area contributed by atoms with Crippen LogP contribution in [0.4, 0.5) is 0 Å². The minimum Gasteiger partial charge on any atom is -0.466 e. The molecular weight excluding hydrogens is 270 g/mol. The van der Waals surface area contributed by atoms with E-state index in [1.165, 1.54) is 0 Å². The summed E-state index contributed by atoms with van der Waals surface area (Å²) in [5, 5.41) is 3.40. The average Bonchev–Trinajstić information content (AvgIpc) is 2.60. The standard InChI is InChI=1S/C12H20BrNO2/c1-5-14-11(12(3,4)16-6-2)10-9(13)7-8-15-10/h7-8,11,14H,5-6H2,1-4H3. The van der Waals surface area contributed by atoms with Crippen LogP contribution in [0.25, 0.3) is 0 Å². The second kappa shape index (κ2) is 5.84. The molecule has 0 aliphatic carbocycles. The number of halogens is 1. The number of likely N-dealkylation sites (N-methyl/N-ethyl adjacent to an activating group) is 1. The number of nitrogens with one attached hydrogen (secondary N) is 1. The lowest BCUT2D eigenvalue weighted by atomic mass is 9.96. The molecule has 0 saturated carbocycles. The van der Waals surface area contributed by atoms with Gasteiger partial charge in [0.2, 0.25) is 0 Å². The van der Waals surface area contributed by atoms with Gasteiger partial charge in [-0.15, -0.1) is 0 Å². The van der Waals surface area contributed by atoms with Gasteiger partial charge in [-0.05, 0) is 49.3 Å². The van der Waals surface area contributed by atoms with Crippen molar-refractivity contribution in [1.29, 1.82) is 0 Å². The Balaban J connectivity index is 2.95. The lowest BCUT2D eigenvalue weighted by Crippen LogP contribution is -2.41. The third-order valence-electron chi connectivity index (χ3n) is 2.53. The second-order valence-corrected chi connectivity index (χ2v) is 5.01. The Kier molecular flexibility index (Phi) is 5.02. The van der Waals surface area contributed by atoms with Crippen LogP contribution >= 0.6 is 15.9 Å². The molecule has 0 saturated heterocycles. The maximum absolute atomic E-state index is 5.78. The van der Waals surface area contributed by atoms with E-state index in [9.17, 15) is 0 Å². The molecule has 0 spiro atoms. The number of ether oxygens (including phenoxy) is 1. The molecule has 0 amide bonds. The molecule has 1 aromatic rings. The number of rotatable bonds is 6. The van der Waals surface area contributed by atoms with Gasteiger partial charge >= 0.3 is 0 Å². The quantitative estimate of drug-likeness (QED) is 0.870. The Morgan fingerprint density at radius 2 is 2.19 bits per heavy atom. The first-order valence-corrected chi connectivity index (χ1v) is 6.42. The van der Waals surface area contributed by atoms with E-state index in [0.29, 0.717) is 6.61 Å². The zero-order valence-corrected chi connectivity index (χ0v) is 11.9. The lowest BCUT2D eigenvalue weighted by molar-refractivity contribution is -0.0438. The number of hydrogen-bond acceptors (Lipinski definition) is 3. The second-order valence-electron chi connectivity index (χ2n) is 4.16. The third kappa shape index (κ3) is 3.09. The minimum atomic E-state index is -0.300. The van der Waals surface area contributed by atoms with Crippen molar-refractivity contribution in [3.05, 3.63) is 22.6 Å². The Hall–Kier alpha value is -0.320. The van der Waals surface area contributed by atoms with Gasteiger partial charge in [-0.1, -0.05) is 6.92 Å². The monoisotopic (exact) mass is 289 g/mol. The first kappa shape index (κ1) is 13.7. The molecule has 0 aliphatic rings. The highest BCUT2D eigenvalue weighted by Gasteiger charge is 2.34. The Morgan fingerprint density at radius 3 is 2.62 bits per heavy atom. The van der Waals surface area contributed by atoms with Gasteiger partial charge in [0.05, 0.1) is 22.4 Å². The summed E-state index contributed by atoms with van der Waals surface area (Å²) >= 11 is 3.49. The van der Waals surface area contributed by atoms with Gasteiger partial charge in [0.15, 0.2) is 0 Å². The van der Waals surface area contributed by atoms with E-state index in [2.05, 4.69) is 42.0 Å². The number of hydrogen-bond donors (Lipinski definition) is 1. The van der Waals surface area contributed by atoms with Gasteiger partial charge in [-0.25, -0.2) is 0 Å². The Morgan fingerprint density at radius 1 is 1.50 bits per heavy atom. The fourth-order valence-corrected chi connectivity index (χ4v) is 2.26. The van der Waals surface area contributed by atoms with Gasteiger partial charge in [-0.2, -0.15) is 0 Å². The first-order chi connectivity index (χ1) is 7.53. The molecule has 4 heteroatoms. The minimum absolute atomic E-state index is 0.0434. The van der Waals surface area contributed by atoms with E-state index in [1.807, 2.05) is 13.0 Å². The zero-order chi connectivity index (χ0) is 12.2. The van der Waals surface area contributed by atoms with Crippen molar-refractivity contribution in [2.75, 3.05) is 13.2 Å². The largest absolute Gasteiger partial charge is 0.466 e. The molecule has 0 bridgehead atoms. The van der Waals surface area contributed by atoms with Crippen molar-refractivity contribution in [3.8, 4) is 0 Å². The van der Waals surface area contributed by atoms with Crippen LogP contribution in [-0.2, 0) is 4.74 Å². The summed E-state index contributed by atoms with van der Waals surface area (Å²) in [6, 6.07) is 1.95. The molecular formula is C12H20BrNO2. The fraction of sp³-hybridized carbons (Fsp3) is 0.667. The van der Waals surface area contributed by atoms with E-state index in [4.69, 9.17) is 9.15 Å². The van der Waals surface area contributed by atoms with E-state index < -0.39 is 0 Å². The summed E-state index contributed by atoms with van der Waals surface area (Å²) in [5.41, 5.74) is -0.300. The fourth-order valence-electron chi connectivity index (χ4n) is 1.83. The van der Waals surface area contributed by atoms with Crippen molar-refractivity contribution in [2.45, 2.75) is 39.3 Å². The molecule has 3 nitrogen and oxygen atoms in total. The van der Waals surface area contributed by atoms with Crippen LogP contribution < -0.4 is 5.32 Å². The van der Waals surface area contributed by atoms with Crippen molar-refractivity contribution in [1.82, 2.24) is 5.32 Å². The van der Waals surface area contributed by atoms with Crippen molar-refractivity contribution in [3.63, 3.8) is 0 Å². The molecule has 1 atom stereocenters. The summed E-state index contributed by atoms with van der Waals surface area (Å²) in [5.74, 6) is 0.889. The highest BCUT2D eigenvalue weighted by atomic mass is 79.9. The van der Waals surface area contributed by atoms with Crippen LogP contribution in [0, 0.1) is 0 Å². The van der Waals surface area contributed by atoms with Crippen LogP contribution in [0.5, 0.6) is 0 Å². The van der Waals surface area contributed by atoms with Gasteiger partial charge < -0.3 is 14.5 Å². The highest BCUT2D eigenvalue weighted by Crippen LogP contribution is 2.33. The van der Waals surface area contributed by atoms with Gasteiger partial charge in [-0.3, -0.25) is 0 Å². The van der Waals surface area contributed by atoms with E-state index in [1.54, 1.807) is 6.26 Å². The van der Waals surface area contributed by atoms with Crippen molar-refractivity contribution < 1.29 is 9.15 Å². The maximum atomic E-state index is 5.78. The smallest absolute Gasteiger partial charge is 0.137 e. The van der Waals surface area contributed by atoms with Crippen LogP contribution in [0.15, 0.2) is 21.2 Å². The number of furan rings is 1. The molecule has 1 N–H and O–H groups in total. The lowest BCUT2D eigenvalue weighted by Gasteiger charge is -2.33. The molecule has 1 rings (SSSR count). The zero-order valence-electron chi connectivity index (χ0n) is 10.3. The predicted octanol–water partition coefficient (Wildman–Crippen LogP) is 3.51. The normalized spacial score (nSPS) is 14.1.